The van der Waals surface area contributed by atoms with Gasteiger partial charge in [-0.05, 0) is 57.2 Å². The third-order valence-corrected chi connectivity index (χ3v) is 4.10. The van der Waals surface area contributed by atoms with Crippen molar-refractivity contribution in [1.29, 1.82) is 0 Å². The second-order valence-corrected chi connectivity index (χ2v) is 5.89. The summed E-state index contributed by atoms with van der Waals surface area (Å²) >= 11 is 0. The van der Waals surface area contributed by atoms with E-state index in [9.17, 15) is 9.59 Å². The normalized spacial score (nSPS) is 10.2. The number of anilines is 2. The SMILES string of the molecule is CCOc1ccccc1NC(=O)CNc1ccc(C(=O)N(CC)CC)cc1. The first kappa shape index (κ1) is 20.3. The summed E-state index contributed by atoms with van der Waals surface area (Å²) in [5.41, 5.74) is 2.06. The van der Waals surface area contributed by atoms with Gasteiger partial charge in [0.25, 0.3) is 5.91 Å². The first-order chi connectivity index (χ1) is 13.1. The van der Waals surface area contributed by atoms with Gasteiger partial charge in [0, 0.05) is 24.3 Å². The van der Waals surface area contributed by atoms with E-state index < -0.39 is 0 Å². The minimum atomic E-state index is -0.176. The molecule has 0 aliphatic carbocycles. The molecular formula is C21H27N3O3. The number of benzene rings is 2. The van der Waals surface area contributed by atoms with Crippen LogP contribution in [0.1, 0.15) is 31.1 Å². The predicted octanol–water partition coefficient (Wildman–Crippen LogP) is 3.62. The van der Waals surface area contributed by atoms with Gasteiger partial charge in [0.2, 0.25) is 5.91 Å². The summed E-state index contributed by atoms with van der Waals surface area (Å²) in [6, 6.07) is 14.5. The number of carbonyl (C=O) groups excluding carboxylic acids is 2. The Morgan fingerprint density at radius 2 is 1.63 bits per heavy atom. The molecule has 0 unspecified atom stereocenters. The maximum absolute atomic E-state index is 12.3. The molecule has 6 nitrogen and oxygen atoms in total. The van der Waals surface area contributed by atoms with Gasteiger partial charge in [0.1, 0.15) is 5.75 Å². The molecule has 144 valence electrons. The Bertz CT molecular complexity index is 756. The zero-order valence-electron chi connectivity index (χ0n) is 16.1. The molecule has 0 atom stereocenters. The fraction of sp³-hybridized carbons (Fsp3) is 0.333. The Hall–Kier alpha value is -3.02. The Morgan fingerprint density at radius 3 is 2.26 bits per heavy atom. The Morgan fingerprint density at radius 1 is 0.963 bits per heavy atom. The number of nitrogens with one attached hydrogen (secondary N) is 2. The second-order valence-electron chi connectivity index (χ2n) is 5.89. The van der Waals surface area contributed by atoms with Crippen LogP contribution in [0.4, 0.5) is 11.4 Å². The van der Waals surface area contributed by atoms with Crippen LogP contribution in [0.3, 0.4) is 0 Å². The number of carbonyl (C=O) groups is 2. The van der Waals surface area contributed by atoms with E-state index in [1.54, 1.807) is 35.2 Å². The average molecular weight is 369 g/mol. The number of hydrogen-bond donors (Lipinski definition) is 2. The number of amides is 2. The van der Waals surface area contributed by atoms with Gasteiger partial charge in [0.05, 0.1) is 18.8 Å². The fourth-order valence-corrected chi connectivity index (χ4v) is 2.65. The van der Waals surface area contributed by atoms with Crippen molar-refractivity contribution in [3.05, 3.63) is 54.1 Å². The van der Waals surface area contributed by atoms with E-state index in [1.165, 1.54) is 0 Å². The van der Waals surface area contributed by atoms with Crippen LogP contribution in [0, 0.1) is 0 Å². The molecule has 0 heterocycles. The maximum atomic E-state index is 12.3. The molecule has 2 aromatic rings. The molecule has 2 rings (SSSR count). The van der Waals surface area contributed by atoms with Crippen LogP contribution in [0.2, 0.25) is 0 Å². The highest BCUT2D eigenvalue weighted by Crippen LogP contribution is 2.23. The van der Waals surface area contributed by atoms with Crippen LogP contribution in [-0.2, 0) is 4.79 Å². The summed E-state index contributed by atoms with van der Waals surface area (Å²) in [6.45, 7) is 7.82. The molecule has 0 aliphatic heterocycles. The first-order valence-electron chi connectivity index (χ1n) is 9.23. The van der Waals surface area contributed by atoms with Crippen molar-refractivity contribution in [2.75, 3.05) is 36.9 Å². The summed E-state index contributed by atoms with van der Waals surface area (Å²) in [7, 11) is 0. The van der Waals surface area contributed by atoms with E-state index in [0.717, 1.165) is 5.69 Å². The van der Waals surface area contributed by atoms with Crippen LogP contribution >= 0.6 is 0 Å². The first-order valence-corrected chi connectivity index (χ1v) is 9.23. The van der Waals surface area contributed by atoms with Crippen molar-refractivity contribution in [2.24, 2.45) is 0 Å². The van der Waals surface area contributed by atoms with Gasteiger partial charge in [-0.1, -0.05) is 12.1 Å². The number of para-hydroxylation sites is 2. The zero-order chi connectivity index (χ0) is 19.6. The standard InChI is InChI=1S/C21H27N3O3/c1-4-24(5-2)21(26)16-11-13-17(14-12-16)22-15-20(25)23-18-9-7-8-10-19(18)27-6-3/h7-14,22H,4-6,15H2,1-3H3,(H,23,25). The van der Waals surface area contributed by atoms with Gasteiger partial charge < -0.3 is 20.3 Å². The van der Waals surface area contributed by atoms with Crippen molar-refractivity contribution < 1.29 is 14.3 Å². The molecule has 2 amide bonds. The molecule has 0 spiro atoms. The van der Waals surface area contributed by atoms with Gasteiger partial charge in [-0.25, -0.2) is 0 Å². The minimum Gasteiger partial charge on any atom is -0.492 e. The average Bonchev–Trinajstić information content (AvgIpc) is 2.69. The van der Waals surface area contributed by atoms with Crippen LogP contribution in [0.25, 0.3) is 0 Å². The second kappa shape index (κ2) is 10.2. The van der Waals surface area contributed by atoms with E-state index in [-0.39, 0.29) is 18.4 Å². The van der Waals surface area contributed by atoms with Crippen LogP contribution in [-0.4, -0.2) is 43.0 Å². The molecule has 0 bridgehead atoms. The summed E-state index contributed by atoms with van der Waals surface area (Å²) in [5, 5.41) is 5.90. The summed E-state index contributed by atoms with van der Waals surface area (Å²) in [5.74, 6) is 0.481. The van der Waals surface area contributed by atoms with Crippen molar-refractivity contribution in [3.8, 4) is 5.75 Å². The van der Waals surface area contributed by atoms with Crippen LogP contribution in [0.15, 0.2) is 48.5 Å². The largest absolute Gasteiger partial charge is 0.492 e. The highest BCUT2D eigenvalue weighted by atomic mass is 16.5. The summed E-state index contributed by atoms with van der Waals surface area (Å²) in [6.07, 6.45) is 0. The molecule has 2 N–H and O–H groups in total. The number of nitrogens with zero attached hydrogens (tertiary/aromatic N) is 1. The molecule has 27 heavy (non-hydrogen) atoms. The Balaban J connectivity index is 1.91. The molecule has 0 saturated carbocycles. The quantitative estimate of drug-likeness (QED) is 0.708. The number of rotatable bonds is 9. The van der Waals surface area contributed by atoms with E-state index in [0.29, 0.717) is 36.7 Å². The molecule has 0 aromatic heterocycles. The van der Waals surface area contributed by atoms with Gasteiger partial charge in [-0.2, -0.15) is 0 Å². The van der Waals surface area contributed by atoms with Crippen molar-refractivity contribution >= 4 is 23.2 Å². The van der Waals surface area contributed by atoms with Gasteiger partial charge in [-0.3, -0.25) is 9.59 Å². The molecule has 0 fully saturated rings. The van der Waals surface area contributed by atoms with E-state index >= 15 is 0 Å². The van der Waals surface area contributed by atoms with E-state index in [2.05, 4.69) is 10.6 Å². The summed E-state index contributed by atoms with van der Waals surface area (Å²) in [4.78, 5) is 26.3. The fourth-order valence-electron chi connectivity index (χ4n) is 2.65. The smallest absolute Gasteiger partial charge is 0.253 e. The molecular weight excluding hydrogens is 342 g/mol. The summed E-state index contributed by atoms with van der Waals surface area (Å²) < 4.78 is 5.50. The van der Waals surface area contributed by atoms with Gasteiger partial charge >= 0.3 is 0 Å². The van der Waals surface area contributed by atoms with Crippen molar-refractivity contribution in [1.82, 2.24) is 4.90 Å². The maximum Gasteiger partial charge on any atom is 0.253 e. The highest BCUT2D eigenvalue weighted by molar-refractivity contribution is 5.96. The number of ether oxygens (including phenoxy) is 1. The van der Waals surface area contributed by atoms with Crippen molar-refractivity contribution in [2.45, 2.75) is 20.8 Å². The number of hydrogen-bond acceptors (Lipinski definition) is 4. The van der Waals surface area contributed by atoms with E-state index in [1.807, 2.05) is 39.0 Å². The third kappa shape index (κ3) is 5.74. The molecule has 6 heteroatoms. The Kier molecular flexibility index (Phi) is 7.67. The topological polar surface area (TPSA) is 70.7 Å². The molecule has 2 aromatic carbocycles. The highest BCUT2D eigenvalue weighted by Gasteiger charge is 2.12. The molecule has 0 saturated heterocycles. The zero-order valence-corrected chi connectivity index (χ0v) is 16.1. The lowest BCUT2D eigenvalue weighted by atomic mass is 10.1. The lowest BCUT2D eigenvalue weighted by Crippen LogP contribution is -2.30. The van der Waals surface area contributed by atoms with E-state index in [4.69, 9.17) is 4.74 Å². The Labute approximate surface area is 160 Å². The lowest BCUT2D eigenvalue weighted by Gasteiger charge is -2.18. The van der Waals surface area contributed by atoms with Gasteiger partial charge in [-0.15, -0.1) is 0 Å². The predicted molar refractivity (Wildman–Crippen MR) is 108 cm³/mol. The lowest BCUT2D eigenvalue weighted by molar-refractivity contribution is -0.114. The van der Waals surface area contributed by atoms with Crippen molar-refractivity contribution in [3.63, 3.8) is 0 Å². The van der Waals surface area contributed by atoms with Gasteiger partial charge in [0.15, 0.2) is 0 Å². The molecule has 0 radical (unpaired) electrons. The monoisotopic (exact) mass is 369 g/mol. The molecule has 0 aliphatic rings. The third-order valence-electron chi connectivity index (χ3n) is 4.10. The van der Waals surface area contributed by atoms with Crippen LogP contribution < -0.4 is 15.4 Å². The van der Waals surface area contributed by atoms with Crippen LogP contribution in [0.5, 0.6) is 5.75 Å². The minimum absolute atomic E-state index is 0.0109.